The first-order chi connectivity index (χ1) is 5.66. The number of rotatable bonds is 1. The molecule has 5 heteroatoms. The van der Waals surface area contributed by atoms with Crippen LogP contribution in [0.2, 0.25) is 0 Å². The van der Waals surface area contributed by atoms with E-state index in [1.54, 1.807) is 18.5 Å². The van der Waals surface area contributed by atoms with Crippen molar-refractivity contribution in [2.45, 2.75) is 0 Å². The normalized spacial score (nSPS) is 7.67. The molecule has 0 bridgehead atoms. The third-order valence-electron chi connectivity index (χ3n) is 0.920. The zero-order valence-electron chi connectivity index (χ0n) is 6.17. The SMILES string of the molecule is C=Cc1cccnc1.O=S(=O)=O. The van der Waals surface area contributed by atoms with E-state index in [2.05, 4.69) is 11.6 Å². The lowest BCUT2D eigenvalue weighted by molar-refractivity contribution is 0.559. The average molecular weight is 185 g/mol. The van der Waals surface area contributed by atoms with Gasteiger partial charge < -0.3 is 0 Å². The van der Waals surface area contributed by atoms with E-state index in [1.807, 2.05) is 12.1 Å². The Kier molecular flexibility index (Phi) is 5.46. The number of pyridine rings is 1. The Morgan fingerprint density at radius 3 is 2.25 bits per heavy atom. The summed E-state index contributed by atoms with van der Waals surface area (Å²) in [5, 5.41) is 0. The molecule has 0 aliphatic carbocycles. The Balaban J connectivity index is 0.000000261. The quantitative estimate of drug-likeness (QED) is 0.646. The van der Waals surface area contributed by atoms with Crippen molar-refractivity contribution in [3.8, 4) is 0 Å². The first kappa shape index (κ1) is 10.5. The van der Waals surface area contributed by atoms with Crippen LogP contribution >= 0.6 is 0 Å². The molecule has 1 rings (SSSR count). The summed E-state index contributed by atoms with van der Waals surface area (Å²) < 4.78 is 25.3. The van der Waals surface area contributed by atoms with Crippen LogP contribution in [0.5, 0.6) is 0 Å². The first-order valence-corrected chi connectivity index (χ1v) is 3.96. The molecule has 0 aliphatic heterocycles. The number of aromatic nitrogens is 1. The van der Waals surface area contributed by atoms with Gasteiger partial charge >= 0.3 is 10.6 Å². The van der Waals surface area contributed by atoms with Gasteiger partial charge in [0.25, 0.3) is 0 Å². The maximum atomic E-state index is 8.44. The van der Waals surface area contributed by atoms with Crippen LogP contribution in [0, 0.1) is 0 Å². The summed E-state index contributed by atoms with van der Waals surface area (Å²) in [6.07, 6.45) is 5.28. The minimum Gasteiger partial charge on any atom is -0.264 e. The van der Waals surface area contributed by atoms with Gasteiger partial charge in [0.2, 0.25) is 0 Å². The molecule has 64 valence electrons. The minimum atomic E-state index is -3.11. The maximum Gasteiger partial charge on any atom is 0.425 e. The predicted molar refractivity (Wildman–Crippen MR) is 44.0 cm³/mol. The van der Waals surface area contributed by atoms with E-state index < -0.39 is 10.6 Å². The van der Waals surface area contributed by atoms with E-state index in [0.29, 0.717) is 0 Å². The third-order valence-corrected chi connectivity index (χ3v) is 0.920. The van der Waals surface area contributed by atoms with Crippen LogP contribution in [0.15, 0.2) is 31.1 Å². The fraction of sp³-hybridized carbons (Fsp3) is 0. The molecule has 0 aromatic carbocycles. The fourth-order valence-corrected chi connectivity index (χ4v) is 0.497. The summed E-state index contributed by atoms with van der Waals surface area (Å²) in [6, 6.07) is 3.84. The zero-order valence-corrected chi connectivity index (χ0v) is 6.99. The molecule has 4 nitrogen and oxygen atoms in total. The summed E-state index contributed by atoms with van der Waals surface area (Å²) >= 11 is 0. The van der Waals surface area contributed by atoms with Gasteiger partial charge in [-0.05, 0) is 11.6 Å². The highest BCUT2D eigenvalue weighted by Crippen LogP contribution is 1.94. The van der Waals surface area contributed by atoms with Crippen molar-refractivity contribution < 1.29 is 12.6 Å². The van der Waals surface area contributed by atoms with Gasteiger partial charge in [-0.15, -0.1) is 12.6 Å². The summed E-state index contributed by atoms with van der Waals surface area (Å²) in [5.41, 5.74) is 1.06. The fourth-order valence-electron chi connectivity index (χ4n) is 0.497. The predicted octanol–water partition coefficient (Wildman–Crippen LogP) is 0.721. The molecule has 0 amide bonds. The molecule has 0 aliphatic rings. The number of hydrogen-bond donors (Lipinski definition) is 0. The molecule has 0 atom stereocenters. The molecule has 0 fully saturated rings. The van der Waals surface area contributed by atoms with Gasteiger partial charge in [-0.2, -0.15) is 0 Å². The maximum absolute atomic E-state index is 8.44. The first-order valence-electron chi connectivity index (χ1n) is 2.96. The largest absolute Gasteiger partial charge is 0.425 e. The second kappa shape index (κ2) is 6.23. The van der Waals surface area contributed by atoms with E-state index >= 15 is 0 Å². The summed E-state index contributed by atoms with van der Waals surface area (Å²) in [7, 11) is -3.11. The monoisotopic (exact) mass is 185 g/mol. The molecular weight excluding hydrogens is 178 g/mol. The highest BCUT2D eigenvalue weighted by Gasteiger charge is 1.77. The van der Waals surface area contributed by atoms with Crippen LogP contribution in [0.25, 0.3) is 6.08 Å². The topological polar surface area (TPSA) is 64.1 Å². The van der Waals surface area contributed by atoms with Crippen LogP contribution in [0.4, 0.5) is 0 Å². The minimum absolute atomic E-state index is 1.06. The number of nitrogens with zero attached hydrogens (tertiary/aromatic N) is 1. The Hall–Kier alpha value is -1.49. The third kappa shape index (κ3) is 6.63. The van der Waals surface area contributed by atoms with Crippen molar-refractivity contribution >= 4 is 16.7 Å². The molecule has 1 heterocycles. The zero-order chi connectivity index (χ0) is 9.40. The van der Waals surface area contributed by atoms with Crippen molar-refractivity contribution in [3.05, 3.63) is 36.7 Å². The molecule has 12 heavy (non-hydrogen) atoms. The molecule has 0 radical (unpaired) electrons. The summed E-state index contributed by atoms with van der Waals surface area (Å²) in [5.74, 6) is 0. The summed E-state index contributed by atoms with van der Waals surface area (Å²) in [4.78, 5) is 3.88. The van der Waals surface area contributed by atoms with Gasteiger partial charge in [-0.25, -0.2) is 0 Å². The van der Waals surface area contributed by atoms with E-state index in [0.717, 1.165) is 5.56 Å². The second-order valence-corrected chi connectivity index (χ2v) is 2.10. The molecule has 0 spiro atoms. The lowest BCUT2D eigenvalue weighted by atomic mass is 10.3. The second-order valence-electron chi connectivity index (χ2n) is 1.69. The molecule has 0 unspecified atom stereocenters. The van der Waals surface area contributed by atoms with Crippen molar-refractivity contribution in [1.82, 2.24) is 4.98 Å². The van der Waals surface area contributed by atoms with Gasteiger partial charge in [-0.1, -0.05) is 18.7 Å². The van der Waals surface area contributed by atoms with Gasteiger partial charge in [0.15, 0.2) is 0 Å². The Morgan fingerprint density at radius 2 is 2.00 bits per heavy atom. The van der Waals surface area contributed by atoms with Crippen LogP contribution in [-0.2, 0) is 10.6 Å². The summed E-state index contributed by atoms with van der Waals surface area (Å²) in [6.45, 7) is 3.59. The molecular formula is C7H7NO3S. The van der Waals surface area contributed by atoms with Crippen molar-refractivity contribution in [2.75, 3.05) is 0 Å². The van der Waals surface area contributed by atoms with Crippen molar-refractivity contribution in [1.29, 1.82) is 0 Å². The molecule has 0 saturated heterocycles. The average Bonchev–Trinajstić information content (AvgIpc) is 2.05. The molecule has 1 aromatic heterocycles. The standard InChI is InChI=1S/C7H7N.O3S/c1-2-7-4-3-5-8-6-7;1-4(2)3/h2-6H,1H2;. The number of hydrogen-bond acceptors (Lipinski definition) is 4. The highest BCUT2D eigenvalue weighted by molar-refractivity contribution is 7.59. The van der Waals surface area contributed by atoms with Crippen molar-refractivity contribution in [2.24, 2.45) is 0 Å². The Morgan fingerprint density at radius 1 is 1.42 bits per heavy atom. The van der Waals surface area contributed by atoms with E-state index in [9.17, 15) is 0 Å². The molecule has 0 N–H and O–H groups in total. The van der Waals surface area contributed by atoms with Crippen LogP contribution in [-0.4, -0.2) is 17.6 Å². The lowest BCUT2D eigenvalue weighted by Crippen LogP contribution is -1.70. The van der Waals surface area contributed by atoms with Gasteiger partial charge in [-0.3, -0.25) is 4.98 Å². The smallest absolute Gasteiger partial charge is 0.264 e. The Bertz CT molecular complexity index is 322. The van der Waals surface area contributed by atoms with Gasteiger partial charge in [0.1, 0.15) is 0 Å². The Labute approximate surface area is 71.6 Å². The van der Waals surface area contributed by atoms with Crippen LogP contribution < -0.4 is 0 Å². The van der Waals surface area contributed by atoms with Gasteiger partial charge in [0, 0.05) is 12.4 Å². The van der Waals surface area contributed by atoms with E-state index in [1.165, 1.54) is 0 Å². The molecule has 0 saturated carbocycles. The van der Waals surface area contributed by atoms with Crippen LogP contribution in [0.1, 0.15) is 5.56 Å². The van der Waals surface area contributed by atoms with Crippen LogP contribution in [0.3, 0.4) is 0 Å². The van der Waals surface area contributed by atoms with Crippen molar-refractivity contribution in [3.63, 3.8) is 0 Å². The highest BCUT2D eigenvalue weighted by atomic mass is 32.2. The van der Waals surface area contributed by atoms with E-state index in [-0.39, 0.29) is 0 Å². The van der Waals surface area contributed by atoms with Gasteiger partial charge in [0.05, 0.1) is 0 Å². The van der Waals surface area contributed by atoms with E-state index in [4.69, 9.17) is 12.6 Å². The molecule has 1 aromatic rings. The lowest BCUT2D eigenvalue weighted by Gasteiger charge is -1.84.